The van der Waals surface area contributed by atoms with Gasteiger partial charge in [-0.2, -0.15) is 0 Å². The molecule has 3 spiro atoms. The lowest BCUT2D eigenvalue weighted by molar-refractivity contribution is -0.233. The van der Waals surface area contributed by atoms with Gasteiger partial charge in [-0.05, 0) is 32.6 Å². The highest BCUT2D eigenvalue weighted by Gasteiger charge is 2.83. The third kappa shape index (κ3) is 2.90. The van der Waals surface area contributed by atoms with Crippen LogP contribution in [0.3, 0.4) is 0 Å². The molecule has 8 rings (SSSR count). The monoisotopic (exact) mass is 558 g/mol. The molecule has 11 atom stereocenters. The molecule has 5 saturated heterocycles. The molecule has 0 aromatic rings. The van der Waals surface area contributed by atoms with Gasteiger partial charge in [0.15, 0.2) is 18.3 Å². The number of ether oxygens (including phenoxy) is 7. The van der Waals surface area contributed by atoms with E-state index in [1.807, 2.05) is 0 Å². The Kier molecular flexibility index (Phi) is 5.05. The lowest BCUT2D eigenvalue weighted by Crippen LogP contribution is -2.67. The maximum Gasteiger partial charge on any atom is 0.338 e. The Hall–Kier alpha value is -2.31. The van der Waals surface area contributed by atoms with Crippen LogP contribution in [0.15, 0.2) is 23.8 Å². The number of hydrogen-bond acceptors (Lipinski definition) is 11. The van der Waals surface area contributed by atoms with Crippen molar-refractivity contribution in [3.05, 3.63) is 23.8 Å². The molecule has 0 aromatic heterocycles. The first kappa shape index (κ1) is 25.4. The molecule has 1 N–H and O–H groups in total. The highest BCUT2D eigenvalue weighted by molar-refractivity contribution is 5.83. The fraction of sp³-hybridized carbons (Fsp3) is 0.759. The number of hydrogen-bond donors (Lipinski definition) is 1. The molecule has 2 aliphatic carbocycles. The third-order valence-corrected chi connectivity index (χ3v) is 11.5. The van der Waals surface area contributed by atoms with E-state index >= 15 is 0 Å². The molecule has 8 aliphatic rings. The molecule has 6 fully saturated rings. The van der Waals surface area contributed by atoms with Gasteiger partial charge in [0.1, 0.15) is 29.5 Å². The summed E-state index contributed by atoms with van der Waals surface area (Å²) in [7, 11) is 0. The molecular weight excluding hydrogens is 524 g/mol. The normalized spacial score (nSPS) is 55.2. The molecular formula is C29H34O11. The van der Waals surface area contributed by atoms with Crippen molar-refractivity contribution in [3.63, 3.8) is 0 Å². The topological polar surface area (TPSA) is 143 Å². The highest BCUT2D eigenvalue weighted by Crippen LogP contribution is 2.72. The Labute approximate surface area is 231 Å². The molecule has 0 aromatic carbocycles. The van der Waals surface area contributed by atoms with Crippen molar-refractivity contribution in [1.82, 2.24) is 0 Å². The maximum absolute atomic E-state index is 13.7. The zero-order valence-electron chi connectivity index (χ0n) is 22.6. The predicted octanol–water partition coefficient (Wildman–Crippen LogP) is 1.05. The number of aliphatic hydroxyl groups is 1. The predicted molar refractivity (Wildman–Crippen MR) is 131 cm³/mol. The summed E-state index contributed by atoms with van der Waals surface area (Å²) >= 11 is 0. The van der Waals surface area contributed by atoms with E-state index in [0.29, 0.717) is 32.3 Å². The Morgan fingerprint density at radius 3 is 2.60 bits per heavy atom. The fourth-order valence-electron chi connectivity index (χ4n) is 9.06. The second-order valence-electron chi connectivity index (χ2n) is 13.0. The molecule has 0 amide bonds. The highest BCUT2D eigenvalue weighted by atomic mass is 16.7. The average Bonchev–Trinajstić information content (AvgIpc) is 3.83. The number of aliphatic hydroxyl groups excluding tert-OH is 1. The van der Waals surface area contributed by atoms with Gasteiger partial charge in [-0.15, -0.1) is 0 Å². The molecule has 4 bridgehead atoms. The molecule has 6 aliphatic heterocycles. The van der Waals surface area contributed by atoms with Crippen LogP contribution in [0.25, 0.3) is 0 Å². The van der Waals surface area contributed by atoms with E-state index in [9.17, 15) is 19.5 Å². The second-order valence-corrected chi connectivity index (χ2v) is 13.0. The fourth-order valence-corrected chi connectivity index (χ4v) is 9.06. The molecule has 11 heteroatoms. The van der Waals surface area contributed by atoms with Gasteiger partial charge in [-0.1, -0.05) is 24.6 Å². The smallest absolute Gasteiger partial charge is 0.338 e. The van der Waals surface area contributed by atoms with Gasteiger partial charge in [0, 0.05) is 24.3 Å². The van der Waals surface area contributed by atoms with E-state index in [-0.39, 0.29) is 31.8 Å². The van der Waals surface area contributed by atoms with Crippen molar-refractivity contribution >= 4 is 17.9 Å². The van der Waals surface area contributed by atoms with Gasteiger partial charge in [-0.25, -0.2) is 14.4 Å². The summed E-state index contributed by atoms with van der Waals surface area (Å²) in [5, 5.41) is 10.8. The van der Waals surface area contributed by atoms with Crippen LogP contribution < -0.4 is 0 Å². The minimum Gasteiger partial charge on any atom is -0.463 e. The summed E-state index contributed by atoms with van der Waals surface area (Å²) in [5.41, 5.74) is -3.29. The van der Waals surface area contributed by atoms with Crippen molar-refractivity contribution in [2.45, 2.75) is 106 Å². The summed E-state index contributed by atoms with van der Waals surface area (Å²) in [6.07, 6.45) is 3.38. The quantitative estimate of drug-likeness (QED) is 0.197. The largest absolute Gasteiger partial charge is 0.463 e. The Morgan fingerprint density at radius 2 is 1.80 bits per heavy atom. The van der Waals surface area contributed by atoms with Gasteiger partial charge in [-0.3, -0.25) is 0 Å². The lowest BCUT2D eigenvalue weighted by Gasteiger charge is -2.58. The molecule has 216 valence electrons. The van der Waals surface area contributed by atoms with Crippen LogP contribution in [0.1, 0.15) is 52.4 Å². The maximum atomic E-state index is 13.7. The zero-order chi connectivity index (χ0) is 27.7. The Bertz CT molecular complexity index is 1250. The van der Waals surface area contributed by atoms with Crippen LogP contribution in [0.2, 0.25) is 0 Å². The van der Waals surface area contributed by atoms with Crippen LogP contribution in [0, 0.1) is 10.8 Å². The first-order valence-corrected chi connectivity index (χ1v) is 14.3. The van der Waals surface area contributed by atoms with Crippen LogP contribution >= 0.6 is 0 Å². The summed E-state index contributed by atoms with van der Waals surface area (Å²) in [6.45, 7) is 4.87. The number of cyclic esters (lactones) is 1. The molecule has 0 radical (unpaired) electrons. The van der Waals surface area contributed by atoms with E-state index in [1.54, 1.807) is 6.08 Å². The van der Waals surface area contributed by atoms with E-state index in [0.717, 1.165) is 6.42 Å². The first-order chi connectivity index (χ1) is 19.1. The number of rotatable bonds is 0. The van der Waals surface area contributed by atoms with Gasteiger partial charge in [0.05, 0.1) is 30.8 Å². The second kappa shape index (κ2) is 7.95. The zero-order valence-corrected chi connectivity index (χ0v) is 22.6. The van der Waals surface area contributed by atoms with E-state index in [2.05, 4.69) is 19.9 Å². The molecule has 40 heavy (non-hydrogen) atoms. The number of carbonyl (C=O) groups is 3. The lowest BCUT2D eigenvalue weighted by atomic mass is 9.51. The van der Waals surface area contributed by atoms with Gasteiger partial charge in [0.25, 0.3) is 0 Å². The van der Waals surface area contributed by atoms with Gasteiger partial charge >= 0.3 is 17.9 Å². The van der Waals surface area contributed by atoms with Crippen molar-refractivity contribution in [2.24, 2.45) is 10.8 Å². The van der Waals surface area contributed by atoms with Crippen molar-refractivity contribution in [3.8, 4) is 0 Å². The third-order valence-electron chi connectivity index (χ3n) is 11.5. The minimum absolute atomic E-state index is 0.0309. The van der Waals surface area contributed by atoms with Crippen molar-refractivity contribution in [2.75, 3.05) is 19.8 Å². The van der Waals surface area contributed by atoms with E-state index < -0.39 is 70.0 Å². The molecule has 11 nitrogen and oxygen atoms in total. The van der Waals surface area contributed by atoms with Gasteiger partial charge < -0.3 is 38.3 Å². The number of epoxide rings is 2. The van der Waals surface area contributed by atoms with Crippen LogP contribution in [-0.2, 0) is 47.5 Å². The molecule has 3 unspecified atom stereocenters. The standard InChI is InChI=1S/C29H34O11/c1-15-6-8-26-13-34-23(33)21-28(40-21)9-10-35-27(20(31)22(32)39-24(27)28)7-4-3-5-19(30)38-16-12-18(37-17(26)11-15)29(14-36-29)25(16,26)2/h3,5,11,16-18,20-21,24,31H,4,6-10,12-14H2,1-2H3/b5-3-/t16-,17?,18-,20-,21?,24+,25-,26-,27-,28?,29+/m1/s1. The van der Waals surface area contributed by atoms with E-state index in [4.69, 9.17) is 33.2 Å². The first-order valence-electron chi connectivity index (χ1n) is 14.3. The van der Waals surface area contributed by atoms with Crippen LogP contribution in [0.4, 0.5) is 0 Å². The van der Waals surface area contributed by atoms with Crippen LogP contribution in [-0.4, -0.2) is 96.3 Å². The summed E-state index contributed by atoms with van der Waals surface area (Å²) in [6, 6.07) is 0. The van der Waals surface area contributed by atoms with Gasteiger partial charge in [0.2, 0.25) is 0 Å². The van der Waals surface area contributed by atoms with E-state index in [1.165, 1.54) is 11.6 Å². The number of esters is 3. The van der Waals surface area contributed by atoms with Crippen molar-refractivity contribution in [1.29, 1.82) is 0 Å². The summed E-state index contributed by atoms with van der Waals surface area (Å²) in [4.78, 5) is 39.3. The SMILES string of the molecule is CC1=CC2O[C@@H]3C[C@H]4OC(=O)/C=C\CC[C@]56OCCC7(OC7C(=O)OC[C@@]2(CC1)[C@]4(C)[C@]31CO1)[C@H]5OC(=O)[C@H]6O. The Morgan fingerprint density at radius 1 is 0.975 bits per heavy atom. The number of allylic oxidation sites excluding steroid dienone is 2. The average molecular weight is 559 g/mol. The summed E-state index contributed by atoms with van der Waals surface area (Å²) in [5.74, 6) is -1.86. The molecule has 6 heterocycles. The molecule has 1 saturated carbocycles. The summed E-state index contributed by atoms with van der Waals surface area (Å²) < 4.78 is 42.7. The minimum atomic E-state index is -1.53. The number of carbonyl (C=O) groups excluding carboxylic acids is 3. The van der Waals surface area contributed by atoms with Crippen LogP contribution in [0.5, 0.6) is 0 Å². The Balaban J connectivity index is 1.20. The van der Waals surface area contributed by atoms with Crippen molar-refractivity contribution < 1.29 is 52.6 Å².